The molecular weight excluding hydrogens is 456 g/mol. The number of fused-ring (bicyclic) bond motifs is 4. The number of hydrogen-bond donors (Lipinski definition) is 1. The van der Waals surface area contributed by atoms with E-state index in [9.17, 15) is 5.26 Å². The lowest BCUT2D eigenvalue weighted by atomic mass is 9.80. The fraction of sp³-hybridized carbons (Fsp3) is 0.500. The van der Waals surface area contributed by atoms with Gasteiger partial charge in [0, 0.05) is 42.1 Å². The maximum absolute atomic E-state index is 9.63. The number of rotatable bonds is 5. The summed E-state index contributed by atoms with van der Waals surface area (Å²) in [4.78, 5) is 22.0. The van der Waals surface area contributed by atoms with Crippen LogP contribution in [-0.4, -0.2) is 48.5 Å². The van der Waals surface area contributed by atoms with Gasteiger partial charge in [-0.3, -0.25) is 0 Å². The van der Waals surface area contributed by atoms with Gasteiger partial charge in [-0.25, -0.2) is 19.9 Å². The van der Waals surface area contributed by atoms with E-state index in [0.717, 1.165) is 39.6 Å². The molecule has 0 aromatic carbocycles. The molecule has 0 spiro atoms. The number of aryl methyl sites for hydroxylation is 1. The van der Waals surface area contributed by atoms with Crippen molar-refractivity contribution in [3.8, 4) is 17.5 Å². The number of thiazole rings is 1. The number of anilines is 1. The largest absolute Gasteiger partial charge is 0.348 e. The predicted molar refractivity (Wildman–Crippen MR) is 139 cm³/mol. The van der Waals surface area contributed by atoms with Crippen LogP contribution in [0.5, 0.6) is 0 Å². The van der Waals surface area contributed by atoms with E-state index in [1.165, 1.54) is 25.7 Å². The summed E-state index contributed by atoms with van der Waals surface area (Å²) in [5.74, 6) is 0.592. The van der Waals surface area contributed by atoms with Crippen LogP contribution < -0.4 is 10.2 Å². The van der Waals surface area contributed by atoms with E-state index in [1.807, 2.05) is 29.8 Å². The lowest BCUT2D eigenvalue weighted by Crippen LogP contribution is -2.60. The molecule has 0 saturated carbocycles. The van der Waals surface area contributed by atoms with E-state index in [1.54, 1.807) is 17.5 Å². The van der Waals surface area contributed by atoms with Crippen LogP contribution in [0.15, 0.2) is 24.7 Å². The van der Waals surface area contributed by atoms with Crippen LogP contribution in [0.25, 0.3) is 27.4 Å². The number of aromatic nitrogens is 5. The van der Waals surface area contributed by atoms with Gasteiger partial charge in [0.25, 0.3) is 0 Å². The Balaban J connectivity index is 1.33. The average molecular weight is 487 g/mol. The Bertz CT molecular complexity index is 1460. The van der Waals surface area contributed by atoms with Gasteiger partial charge in [0.2, 0.25) is 0 Å². The molecule has 4 aromatic heterocycles. The highest BCUT2D eigenvalue weighted by Gasteiger charge is 2.52. The summed E-state index contributed by atoms with van der Waals surface area (Å²) in [6, 6.07) is 4.52. The van der Waals surface area contributed by atoms with Gasteiger partial charge in [-0.2, -0.15) is 5.26 Å². The van der Waals surface area contributed by atoms with Crippen LogP contribution in [0.2, 0.25) is 0 Å². The topological polar surface area (TPSA) is 95.0 Å². The molecule has 2 fully saturated rings. The van der Waals surface area contributed by atoms with Crippen LogP contribution in [0.3, 0.4) is 0 Å². The van der Waals surface area contributed by atoms with Crippen molar-refractivity contribution in [3.63, 3.8) is 0 Å². The Kier molecular flexibility index (Phi) is 5.09. The van der Waals surface area contributed by atoms with Crippen molar-refractivity contribution < 1.29 is 0 Å². The first-order valence-corrected chi connectivity index (χ1v) is 13.2. The number of nitrogens with one attached hydrogen (secondary N) is 1. The molecule has 35 heavy (non-hydrogen) atoms. The zero-order valence-corrected chi connectivity index (χ0v) is 21.5. The molecular formula is C26H30N8S. The van der Waals surface area contributed by atoms with Crippen molar-refractivity contribution in [3.05, 3.63) is 35.9 Å². The molecule has 2 unspecified atom stereocenters. The molecule has 4 aromatic rings. The van der Waals surface area contributed by atoms with Gasteiger partial charge in [0.15, 0.2) is 16.6 Å². The van der Waals surface area contributed by atoms with Gasteiger partial charge in [-0.05, 0) is 51.5 Å². The third-order valence-corrected chi connectivity index (χ3v) is 9.31. The molecule has 9 heteroatoms. The molecule has 0 radical (unpaired) electrons. The Morgan fingerprint density at radius 3 is 2.60 bits per heavy atom. The zero-order chi connectivity index (χ0) is 24.4. The van der Waals surface area contributed by atoms with Gasteiger partial charge < -0.3 is 14.6 Å². The van der Waals surface area contributed by atoms with Crippen LogP contribution >= 0.6 is 11.3 Å². The number of nitrogens with zero attached hydrogens (tertiary/aromatic N) is 7. The van der Waals surface area contributed by atoms with Crippen molar-refractivity contribution in [2.45, 2.75) is 76.4 Å². The minimum atomic E-state index is 0.250. The third kappa shape index (κ3) is 3.58. The first-order chi connectivity index (χ1) is 16.9. The van der Waals surface area contributed by atoms with Gasteiger partial charge in [0.05, 0.1) is 17.5 Å². The Morgan fingerprint density at radius 1 is 1.17 bits per heavy atom. The molecule has 2 aliphatic rings. The molecule has 0 aliphatic carbocycles. The van der Waals surface area contributed by atoms with Gasteiger partial charge >= 0.3 is 0 Å². The SMILES string of the molecule is CCC12CCC(CC)(CC(N(C)c3nc4cnc(-c5cc(C#N)c6nc(C)cn6c5)nc4s3)C1)N2. The standard InChI is InChI=1S/C26H30N8S/c1-5-25-7-8-26(6-2,32-25)11-19(10-25)33(4)24-30-20-13-28-21(31-23(20)35-24)18-9-17(12-27)22-29-16(3)14-34(22)15-18/h9,13-15,19,32H,5-8,10-11H2,1-4H3. The smallest absolute Gasteiger partial charge is 0.187 e. The Labute approximate surface area is 209 Å². The monoisotopic (exact) mass is 486 g/mol. The normalized spacial score (nSPS) is 25.9. The summed E-state index contributed by atoms with van der Waals surface area (Å²) in [6.45, 7) is 6.55. The van der Waals surface area contributed by atoms with Gasteiger partial charge in [0.1, 0.15) is 16.4 Å². The van der Waals surface area contributed by atoms with Crippen molar-refractivity contribution in [1.29, 1.82) is 5.26 Å². The first kappa shape index (κ1) is 22.4. The van der Waals surface area contributed by atoms with E-state index in [0.29, 0.717) is 23.1 Å². The second-order valence-corrected chi connectivity index (χ2v) is 11.3. The third-order valence-electron chi connectivity index (χ3n) is 8.26. The van der Waals surface area contributed by atoms with Crippen molar-refractivity contribution in [1.82, 2.24) is 29.7 Å². The minimum absolute atomic E-state index is 0.250. The molecule has 2 aliphatic heterocycles. The predicted octanol–water partition coefficient (Wildman–Crippen LogP) is 4.86. The summed E-state index contributed by atoms with van der Waals surface area (Å²) < 4.78 is 1.88. The highest BCUT2D eigenvalue weighted by atomic mass is 32.1. The number of nitriles is 1. The number of imidazole rings is 1. The summed E-state index contributed by atoms with van der Waals surface area (Å²) >= 11 is 1.62. The van der Waals surface area contributed by atoms with Gasteiger partial charge in [-0.15, -0.1) is 0 Å². The van der Waals surface area contributed by atoms with Crippen LogP contribution in [0.1, 0.15) is 63.6 Å². The molecule has 2 saturated heterocycles. The highest BCUT2D eigenvalue weighted by Crippen LogP contribution is 2.47. The number of pyridine rings is 1. The molecule has 1 N–H and O–H groups in total. The summed E-state index contributed by atoms with van der Waals surface area (Å²) in [5, 5.41) is 14.7. The molecule has 6 rings (SSSR count). The molecule has 2 atom stereocenters. The fourth-order valence-electron chi connectivity index (χ4n) is 6.13. The maximum Gasteiger partial charge on any atom is 0.187 e. The van der Waals surface area contributed by atoms with E-state index >= 15 is 0 Å². The Morgan fingerprint density at radius 2 is 1.91 bits per heavy atom. The molecule has 180 valence electrons. The maximum atomic E-state index is 9.63. The Hall–Kier alpha value is -3.09. The second kappa shape index (κ2) is 7.97. The van der Waals surface area contributed by atoms with Crippen LogP contribution in [0, 0.1) is 18.3 Å². The fourth-order valence-corrected chi connectivity index (χ4v) is 7.08. The average Bonchev–Trinajstić information content (AvgIpc) is 3.55. The van der Waals surface area contributed by atoms with E-state index in [4.69, 9.17) is 9.97 Å². The van der Waals surface area contributed by atoms with Crippen molar-refractivity contribution in [2.75, 3.05) is 11.9 Å². The number of piperidine rings is 1. The molecule has 0 amide bonds. The molecule has 8 nitrogen and oxygen atoms in total. The van der Waals surface area contributed by atoms with Crippen molar-refractivity contribution in [2.24, 2.45) is 0 Å². The minimum Gasteiger partial charge on any atom is -0.348 e. The summed E-state index contributed by atoms with van der Waals surface area (Å²) in [5.41, 5.74) is 4.14. The quantitative estimate of drug-likeness (QED) is 0.430. The summed E-state index contributed by atoms with van der Waals surface area (Å²) in [6.07, 6.45) is 12.8. The van der Waals surface area contributed by atoms with E-state index in [2.05, 4.69) is 47.1 Å². The molecule has 2 bridgehead atoms. The number of hydrogen-bond acceptors (Lipinski definition) is 8. The molecule has 6 heterocycles. The van der Waals surface area contributed by atoms with Crippen molar-refractivity contribution >= 4 is 32.5 Å². The van der Waals surface area contributed by atoms with E-state index in [-0.39, 0.29) is 11.1 Å². The summed E-state index contributed by atoms with van der Waals surface area (Å²) in [7, 11) is 2.18. The zero-order valence-electron chi connectivity index (χ0n) is 20.7. The highest BCUT2D eigenvalue weighted by molar-refractivity contribution is 7.21. The first-order valence-electron chi connectivity index (χ1n) is 12.4. The van der Waals surface area contributed by atoms with Crippen LogP contribution in [0.4, 0.5) is 5.13 Å². The van der Waals surface area contributed by atoms with E-state index < -0.39 is 0 Å². The van der Waals surface area contributed by atoms with Crippen LogP contribution in [-0.2, 0) is 0 Å². The lowest BCUT2D eigenvalue weighted by Gasteiger charge is -2.47. The lowest BCUT2D eigenvalue weighted by molar-refractivity contribution is 0.172. The second-order valence-electron chi connectivity index (χ2n) is 10.3. The van der Waals surface area contributed by atoms with Gasteiger partial charge in [-0.1, -0.05) is 25.2 Å².